The van der Waals surface area contributed by atoms with Crippen molar-refractivity contribution < 1.29 is 32.3 Å². The Morgan fingerprint density at radius 3 is 2.14 bits per heavy atom. The molecule has 2 atom stereocenters. The molecule has 2 amide bonds. The Kier molecular flexibility index (Phi) is 8.85. The zero-order valence-corrected chi connectivity index (χ0v) is 24.5. The van der Waals surface area contributed by atoms with E-state index in [2.05, 4.69) is 10.6 Å². The molecule has 2 N–H and O–H groups in total. The summed E-state index contributed by atoms with van der Waals surface area (Å²) in [4.78, 5) is 42.7. The molecule has 2 unspecified atom stereocenters. The van der Waals surface area contributed by atoms with Gasteiger partial charge < -0.3 is 20.3 Å². The number of halogens is 5. The second kappa shape index (κ2) is 12.6. The van der Waals surface area contributed by atoms with E-state index in [9.17, 15) is 27.6 Å². The number of methoxy groups -OCH3 is 1. The Hall–Kier alpha value is -4.54. The Morgan fingerprint density at radius 1 is 0.932 bits per heavy atom. The molecule has 226 valence electrons. The van der Waals surface area contributed by atoms with E-state index in [1.807, 2.05) is 0 Å². The van der Waals surface area contributed by atoms with Gasteiger partial charge in [0.1, 0.15) is 6.04 Å². The highest BCUT2D eigenvalue weighted by molar-refractivity contribution is 6.30. The average molecular weight is 642 g/mol. The number of benzene rings is 4. The SMILES string of the molecule is COC(=O)C(c1ccc(Cl)cc1)N1C(=O)c2ccc(NCc3ccc(C(F)(F)F)cc3)cc2NC(=O)C1c1ccc(Cl)cc1. The standard InChI is InChI=1S/C32H24Cl2F3N3O4/c1-44-31(43)28(20-6-12-23(34)13-7-20)40-27(19-4-10-22(33)11-5-19)29(41)39-26-16-24(14-15-25(26)30(40)42)38-17-18-2-8-21(9-3-18)32(35,36)37/h2-16,27-28,38H,17H2,1H3,(H,39,41). The van der Waals surface area contributed by atoms with Crippen LogP contribution in [0.5, 0.6) is 0 Å². The maximum Gasteiger partial charge on any atom is 0.416 e. The molecule has 4 aromatic rings. The minimum Gasteiger partial charge on any atom is -0.467 e. The van der Waals surface area contributed by atoms with Gasteiger partial charge in [0.25, 0.3) is 11.8 Å². The van der Waals surface area contributed by atoms with Crippen LogP contribution in [0.3, 0.4) is 0 Å². The lowest BCUT2D eigenvalue weighted by molar-refractivity contribution is -0.147. The van der Waals surface area contributed by atoms with Crippen LogP contribution in [0.15, 0.2) is 91.0 Å². The zero-order valence-electron chi connectivity index (χ0n) is 23.0. The highest BCUT2D eigenvalue weighted by atomic mass is 35.5. The number of hydrogen-bond donors (Lipinski definition) is 2. The average Bonchev–Trinajstić information content (AvgIpc) is 3.10. The Balaban J connectivity index is 1.53. The van der Waals surface area contributed by atoms with Crippen LogP contribution in [0.2, 0.25) is 10.0 Å². The monoisotopic (exact) mass is 641 g/mol. The molecule has 7 nitrogen and oxygen atoms in total. The van der Waals surface area contributed by atoms with Gasteiger partial charge in [-0.25, -0.2) is 4.79 Å². The molecule has 0 fully saturated rings. The van der Waals surface area contributed by atoms with Crippen molar-refractivity contribution in [3.05, 3.63) is 129 Å². The molecule has 44 heavy (non-hydrogen) atoms. The highest BCUT2D eigenvalue weighted by Gasteiger charge is 2.44. The van der Waals surface area contributed by atoms with Crippen molar-refractivity contribution in [2.24, 2.45) is 0 Å². The van der Waals surface area contributed by atoms with E-state index in [1.54, 1.807) is 60.7 Å². The number of anilines is 2. The van der Waals surface area contributed by atoms with E-state index in [0.29, 0.717) is 32.4 Å². The fraction of sp³-hybridized carbons (Fsp3) is 0.156. The molecule has 1 heterocycles. The minimum absolute atomic E-state index is 0.109. The van der Waals surface area contributed by atoms with E-state index in [0.717, 1.165) is 12.1 Å². The van der Waals surface area contributed by atoms with Crippen LogP contribution in [-0.2, 0) is 27.0 Å². The van der Waals surface area contributed by atoms with Crippen LogP contribution in [0, 0.1) is 0 Å². The molecule has 1 aliphatic heterocycles. The highest BCUT2D eigenvalue weighted by Crippen LogP contribution is 2.39. The number of carbonyl (C=O) groups is 3. The van der Waals surface area contributed by atoms with Gasteiger partial charge in [0.2, 0.25) is 0 Å². The van der Waals surface area contributed by atoms with E-state index in [4.69, 9.17) is 27.9 Å². The smallest absolute Gasteiger partial charge is 0.416 e. The summed E-state index contributed by atoms with van der Waals surface area (Å²) in [6.45, 7) is 0.180. The number of esters is 1. The van der Waals surface area contributed by atoms with Gasteiger partial charge in [-0.1, -0.05) is 59.6 Å². The van der Waals surface area contributed by atoms with Crippen molar-refractivity contribution in [2.45, 2.75) is 24.8 Å². The van der Waals surface area contributed by atoms with E-state index in [1.165, 1.54) is 30.2 Å². The molecular weight excluding hydrogens is 618 g/mol. The lowest BCUT2D eigenvalue weighted by Crippen LogP contribution is -2.44. The van der Waals surface area contributed by atoms with Crippen LogP contribution in [-0.4, -0.2) is 29.8 Å². The van der Waals surface area contributed by atoms with E-state index < -0.39 is 41.6 Å². The van der Waals surface area contributed by atoms with E-state index >= 15 is 0 Å². The molecule has 0 aromatic heterocycles. The number of alkyl halides is 3. The first-order valence-electron chi connectivity index (χ1n) is 13.2. The summed E-state index contributed by atoms with van der Waals surface area (Å²) in [5.74, 6) is -1.99. The summed E-state index contributed by atoms with van der Waals surface area (Å²) in [5, 5.41) is 6.73. The van der Waals surface area contributed by atoms with Crippen molar-refractivity contribution in [1.82, 2.24) is 4.90 Å². The van der Waals surface area contributed by atoms with Crippen LogP contribution < -0.4 is 10.6 Å². The third-order valence-electron chi connectivity index (χ3n) is 7.12. The Bertz CT molecular complexity index is 1700. The molecule has 0 saturated carbocycles. The molecular formula is C32H24Cl2F3N3O4. The summed E-state index contributed by atoms with van der Waals surface area (Å²) in [7, 11) is 1.19. The molecule has 0 spiro atoms. The fourth-order valence-corrected chi connectivity index (χ4v) is 5.19. The number of hydrogen-bond acceptors (Lipinski definition) is 5. The molecule has 12 heteroatoms. The fourth-order valence-electron chi connectivity index (χ4n) is 4.93. The van der Waals surface area contributed by atoms with Gasteiger partial charge in [0.05, 0.1) is 23.9 Å². The molecule has 4 aromatic carbocycles. The second-order valence-electron chi connectivity index (χ2n) is 9.94. The Morgan fingerprint density at radius 2 is 1.55 bits per heavy atom. The lowest BCUT2D eigenvalue weighted by Gasteiger charge is -2.35. The van der Waals surface area contributed by atoms with Crippen LogP contribution in [0.1, 0.15) is 44.7 Å². The predicted octanol–water partition coefficient (Wildman–Crippen LogP) is 7.67. The number of ether oxygens (including phenoxy) is 1. The lowest BCUT2D eigenvalue weighted by atomic mass is 9.97. The largest absolute Gasteiger partial charge is 0.467 e. The van der Waals surface area contributed by atoms with Crippen molar-refractivity contribution in [2.75, 3.05) is 17.7 Å². The van der Waals surface area contributed by atoms with E-state index in [-0.39, 0.29) is 17.8 Å². The Labute approximate surface area is 260 Å². The van der Waals surface area contributed by atoms with Gasteiger partial charge in [0, 0.05) is 22.3 Å². The number of nitrogens with one attached hydrogen (secondary N) is 2. The molecule has 0 bridgehead atoms. The number of carbonyl (C=O) groups excluding carboxylic acids is 3. The first kappa shape index (κ1) is 30.9. The summed E-state index contributed by atoms with van der Waals surface area (Å²) in [6, 6.07) is 19.4. The maximum atomic E-state index is 14.3. The van der Waals surface area contributed by atoms with Gasteiger partial charge in [-0.2, -0.15) is 13.2 Å². The van der Waals surface area contributed by atoms with Gasteiger partial charge in [-0.3, -0.25) is 9.59 Å². The van der Waals surface area contributed by atoms with Crippen LogP contribution in [0.4, 0.5) is 24.5 Å². The molecule has 0 radical (unpaired) electrons. The zero-order chi connectivity index (χ0) is 31.6. The normalized spacial score (nSPS) is 15.6. The molecule has 5 rings (SSSR count). The van der Waals surface area contributed by atoms with Crippen molar-refractivity contribution in [3.8, 4) is 0 Å². The summed E-state index contributed by atoms with van der Waals surface area (Å²) in [6.07, 6.45) is -4.44. The van der Waals surface area contributed by atoms with Crippen molar-refractivity contribution >= 4 is 52.4 Å². The summed E-state index contributed by atoms with van der Waals surface area (Å²) >= 11 is 12.2. The molecule has 0 aliphatic carbocycles. The van der Waals surface area contributed by atoms with Gasteiger partial charge in [-0.15, -0.1) is 0 Å². The predicted molar refractivity (Wildman–Crippen MR) is 160 cm³/mol. The summed E-state index contributed by atoms with van der Waals surface area (Å²) < 4.78 is 43.8. The maximum absolute atomic E-state index is 14.3. The van der Waals surface area contributed by atoms with Crippen LogP contribution >= 0.6 is 23.2 Å². The molecule has 0 saturated heterocycles. The topological polar surface area (TPSA) is 87.7 Å². The number of rotatable bonds is 7. The third kappa shape index (κ3) is 6.51. The van der Waals surface area contributed by atoms with Gasteiger partial charge in [0.15, 0.2) is 6.04 Å². The number of fused-ring (bicyclic) bond motifs is 1. The van der Waals surface area contributed by atoms with Crippen molar-refractivity contribution in [1.29, 1.82) is 0 Å². The number of nitrogens with zero attached hydrogens (tertiary/aromatic N) is 1. The first-order chi connectivity index (χ1) is 21.0. The minimum atomic E-state index is -4.44. The quantitative estimate of drug-likeness (QED) is 0.202. The molecule has 1 aliphatic rings. The number of amides is 2. The van der Waals surface area contributed by atoms with Gasteiger partial charge >= 0.3 is 12.1 Å². The van der Waals surface area contributed by atoms with Crippen LogP contribution in [0.25, 0.3) is 0 Å². The van der Waals surface area contributed by atoms with Gasteiger partial charge in [-0.05, 0) is 71.3 Å². The second-order valence-corrected chi connectivity index (χ2v) is 10.8. The van der Waals surface area contributed by atoms with Crippen molar-refractivity contribution in [3.63, 3.8) is 0 Å². The summed E-state index contributed by atoms with van der Waals surface area (Å²) in [5.41, 5.74) is 1.39. The first-order valence-corrected chi connectivity index (χ1v) is 14.0. The third-order valence-corrected chi connectivity index (χ3v) is 7.62.